The molecule has 4 N–H and O–H groups in total. The van der Waals surface area contributed by atoms with Crippen molar-refractivity contribution in [1.82, 2.24) is 4.98 Å². The van der Waals surface area contributed by atoms with Crippen molar-refractivity contribution in [3.8, 4) is 5.75 Å². The molecule has 1 heterocycles. The molecule has 0 aliphatic rings. The Hall–Kier alpha value is -1.62. The maximum absolute atomic E-state index is 11.7. The van der Waals surface area contributed by atoms with Crippen molar-refractivity contribution in [1.29, 1.82) is 0 Å². The molecule has 5 heteroatoms. The minimum Gasteiger partial charge on any atom is -0.504 e. The Balaban J connectivity index is 2.76. The molecule has 0 aromatic carbocycles. The van der Waals surface area contributed by atoms with Gasteiger partial charge in [0.05, 0.1) is 6.04 Å². The molecule has 5 nitrogen and oxygen atoms in total. The third-order valence-electron chi connectivity index (χ3n) is 2.24. The van der Waals surface area contributed by atoms with Gasteiger partial charge in [0.1, 0.15) is 0 Å². The lowest BCUT2D eigenvalue weighted by Crippen LogP contribution is -2.45. The number of hydrogen-bond donors (Lipinski definition) is 3. The first-order valence-corrected chi connectivity index (χ1v) is 5.03. The maximum Gasteiger partial charge on any atom is 0.243 e. The van der Waals surface area contributed by atoms with Crippen LogP contribution in [0.15, 0.2) is 18.3 Å². The quantitative estimate of drug-likeness (QED) is 0.700. The van der Waals surface area contributed by atoms with Gasteiger partial charge in [-0.3, -0.25) is 4.79 Å². The lowest BCUT2D eigenvalue weighted by atomic mass is 9.87. The molecule has 0 saturated carbocycles. The Bertz CT molecular complexity index is 385. The van der Waals surface area contributed by atoms with E-state index >= 15 is 0 Å². The molecule has 0 unspecified atom stereocenters. The minimum atomic E-state index is -0.658. The number of nitrogens with two attached hydrogens (primary N) is 1. The summed E-state index contributed by atoms with van der Waals surface area (Å²) in [6.07, 6.45) is 1.48. The van der Waals surface area contributed by atoms with Gasteiger partial charge < -0.3 is 16.2 Å². The molecule has 1 aromatic rings. The monoisotopic (exact) mass is 223 g/mol. The molecule has 1 aromatic heterocycles. The standard InChI is InChI=1S/C11H17N3O2/c1-11(2,3)8(12)10(16)14-9-7(15)5-4-6-13-9/h4-6,8,15H,12H2,1-3H3,(H,13,14,16)/t8-/m0/s1. The van der Waals surface area contributed by atoms with Crippen LogP contribution in [0.5, 0.6) is 5.75 Å². The summed E-state index contributed by atoms with van der Waals surface area (Å²) in [7, 11) is 0. The van der Waals surface area contributed by atoms with E-state index in [-0.39, 0.29) is 22.9 Å². The van der Waals surface area contributed by atoms with Crippen LogP contribution in [0.3, 0.4) is 0 Å². The predicted molar refractivity (Wildman–Crippen MR) is 62.0 cm³/mol. The fourth-order valence-electron chi connectivity index (χ4n) is 1.08. The van der Waals surface area contributed by atoms with E-state index in [4.69, 9.17) is 5.73 Å². The van der Waals surface area contributed by atoms with Gasteiger partial charge >= 0.3 is 0 Å². The zero-order valence-corrected chi connectivity index (χ0v) is 9.69. The highest BCUT2D eigenvalue weighted by Gasteiger charge is 2.28. The average Bonchev–Trinajstić information content (AvgIpc) is 2.19. The first kappa shape index (κ1) is 12.4. The van der Waals surface area contributed by atoms with Crippen LogP contribution in [0.1, 0.15) is 20.8 Å². The number of rotatable bonds is 2. The van der Waals surface area contributed by atoms with Crippen LogP contribution in [-0.4, -0.2) is 22.0 Å². The number of aromatic hydroxyl groups is 1. The SMILES string of the molecule is CC(C)(C)[C@@H](N)C(=O)Nc1ncccc1O. The van der Waals surface area contributed by atoms with E-state index in [1.54, 1.807) is 6.07 Å². The molecule has 0 aliphatic carbocycles. The molecule has 88 valence electrons. The molecule has 0 bridgehead atoms. The number of aromatic nitrogens is 1. The molecule has 0 aliphatic heterocycles. The summed E-state index contributed by atoms with van der Waals surface area (Å²) in [6, 6.07) is 2.37. The molecule has 16 heavy (non-hydrogen) atoms. The highest BCUT2D eigenvalue weighted by Crippen LogP contribution is 2.21. The number of nitrogens with zero attached hydrogens (tertiary/aromatic N) is 1. The van der Waals surface area contributed by atoms with Crippen LogP contribution in [0, 0.1) is 5.41 Å². The van der Waals surface area contributed by atoms with E-state index in [0.717, 1.165) is 0 Å². The van der Waals surface area contributed by atoms with Crippen LogP contribution in [0.25, 0.3) is 0 Å². The van der Waals surface area contributed by atoms with Crippen LogP contribution < -0.4 is 11.1 Å². The molecule has 0 saturated heterocycles. The second-order valence-electron chi connectivity index (χ2n) is 4.70. The first-order valence-electron chi connectivity index (χ1n) is 5.03. The Morgan fingerprint density at radius 3 is 2.69 bits per heavy atom. The van der Waals surface area contributed by atoms with Crippen LogP contribution >= 0.6 is 0 Å². The highest BCUT2D eigenvalue weighted by molar-refractivity contribution is 5.95. The Kier molecular flexibility index (Phi) is 3.49. The molecule has 0 spiro atoms. The van der Waals surface area contributed by atoms with Crippen LogP contribution in [-0.2, 0) is 4.79 Å². The second-order valence-corrected chi connectivity index (χ2v) is 4.70. The normalized spacial score (nSPS) is 13.2. The fraction of sp³-hybridized carbons (Fsp3) is 0.455. The van der Waals surface area contributed by atoms with E-state index in [9.17, 15) is 9.90 Å². The molecule has 0 radical (unpaired) electrons. The van der Waals surface area contributed by atoms with Crippen LogP contribution in [0.2, 0.25) is 0 Å². The smallest absolute Gasteiger partial charge is 0.243 e. The lowest BCUT2D eigenvalue weighted by molar-refractivity contribution is -0.119. The molecule has 1 atom stereocenters. The third-order valence-corrected chi connectivity index (χ3v) is 2.24. The first-order chi connectivity index (χ1) is 7.32. The van der Waals surface area contributed by atoms with E-state index in [1.807, 2.05) is 20.8 Å². The fourth-order valence-corrected chi connectivity index (χ4v) is 1.08. The summed E-state index contributed by atoms with van der Waals surface area (Å²) in [5, 5.41) is 11.9. The summed E-state index contributed by atoms with van der Waals surface area (Å²) < 4.78 is 0. The van der Waals surface area contributed by atoms with Gasteiger partial charge in [-0.05, 0) is 17.5 Å². The number of nitrogens with one attached hydrogen (secondary N) is 1. The van der Waals surface area contributed by atoms with Crippen molar-refractivity contribution in [2.45, 2.75) is 26.8 Å². The summed E-state index contributed by atoms with van der Waals surface area (Å²) in [6.45, 7) is 5.61. The van der Waals surface area contributed by atoms with Crippen LogP contribution in [0.4, 0.5) is 5.82 Å². The number of anilines is 1. The Morgan fingerprint density at radius 2 is 2.19 bits per heavy atom. The Labute approximate surface area is 94.7 Å². The second kappa shape index (κ2) is 4.49. The Morgan fingerprint density at radius 1 is 1.56 bits per heavy atom. The zero-order chi connectivity index (χ0) is 12.3. The zero-order valence-electron chi connectivity index (χ0n) is 9.69. The van der Waals surface area contributed by atoms with Crippen molar-refractivity contribution in [3.05, 3.63) is 18.3 Å². The van der Waals surface area contributed by atoms with Crippen molar-refractivity contribution in [2.24, 2.45) is 11.1 Å². The van der Waals surface area contributed by atoms with E-state index in [2.05, 4.69) is 10.3 Å². The van der Waals surface area contributed by atoms with E-state index in [1.165, 1.54) is 12.3 Å². The summed E-state index contributed by atoms with van der Waals surface area (Å²) in [5.41, 5.74) is 5.43. The largest absolute Gasteiger partial charge is 0.504 e. The van der Waals surface area contributed by atoms with Crippen molar-refractivity contribution < 1.29 is 9.90 Å². The molecule has 1 amide bonds. The van der Waals surface area contributed by atoms with Gasteiger partial charge in [-0.15, -0.1) is 0 Å². The number of carbonyl (C=O) groups is 1. The number of amides is 1. The lowest BCUT2D eigenvalue weighted by Gasteiger charge is -2.25. The molecule has 0 fully saturated rings. The van der Waals surface area contributed by atoms with Gasteiger partial charge in [0.2, 0.25) is 5.91 Å². The topological polar surface area (TPSA) is 88.2 Å². The summed E-state index contributed by atoms with van der Waals surface area (Å²) in [5.74, 6) is -0.300. The van der Waals surface area contributed by atoms with Gasteiger partial charge in [-0.25, -0.2) is 4.98 Å². The average molecular weight is 223 g/mol. The highest BCUT2D eigenvalue weighted by atomic mass is 16.3. The molecular formula is C11H17N3O2. The summed E-state index contributed by atoms with van der Waals surface area (Å²) >= 11 is 0. The van der Waals surface area contributed by atoms with Crippen molar-refractivity contribution in [3.63, 3.8) is 0 Å². The van der Waals surface area contributed by atoms with Gasteiger partial charge in [-0.2, -0.15) is 0 Å². The van der Waals surface area contributed by atoms with Gasteiger partial charge in [0.15, 0.2) is 11.6 Å². The van der Waals surface area contributed by atoms with E-state index < -0.39 is 6.04 Å². The van der Waals surface area contributed by atoms with Gasteiger partial charge in [-0.1, -0.05) is 20.8 Å². The number of pyridine rings is 1. The van der Waals surface area contributed by atoms with Gasteiger partial charge in [0, 0.05) is 6.20 Å². The number of carbonyl (C=O) groups excluding carboxylic acids is 1. The van der Waals surface area contributed by atoms with Crippen molar-refractivity contribution in [2.75, 3.05) is 5.32 Å². The maximum atomic E-state index is 11.7. The third kappa shape index (κ3) is 2.93. The van der Waals surface area contributed by atoms with Crippen molar-refractivity contribution >= 4 is 11.7 Å². The molecular weight excluding hydrogens is 206 g/mol. The molecule has 1 rings (SSSR count). The number of hydrogen-bond acceptors (Lipinski definition) is 4. The predicted octanol–water partition coefficient (Wildman–Crippen LogP) is 1.10. The van der Waals surface area contributed by atoms with Gasteiger partial charge in [0.25, 0.3) is 0 Å². The summed E-state index contributed by atoms with van der Waals surface area (Å²) in [4.78, 5) is 15.6. The minimum absolute atomic E-state index is 0.0723. The van der Waals surface area contributed by atoms with E-state index in [0.29, 0.717) is 0 Å².